The summed E-state index contributed by atoms with van der Waals surface area (Å²) in [5.74, 6) is 0.931. The van der Waals surface area contributed by atoms with Gasteiger partial charge in [0.05, 0.1) is 29.9 Å². The first-order valence-electron chi connectivity index (χ1n) is 12.4. The monoisotopic (exact) mass is 455 g/mol. The maximum Gasteiger partial charge on any atom is 0.126 e. The zero-order valence-corrected chi connectivity index (χ0v) is 19.8. The molecule has 1 aromatic carbocycles. The van der Waals surface area contributed by atoms with Crippen molar-refractivity contribution in [3.63, 3.8) is 0 Å². The minimum absolute atomic E-state index is 0.369. The third kappa shape index (κ3) is 5.07. The Morgan fingerprint density at radius 2 is 1.85 bits per heavy atom. The molecule has 2 fully saturated rings. The van der Waals surface area contributed by atoms with Crippen LogP contribution in [-0.2, 0) is 7.05 Å². The number of pyridine rings is 1. The van der Waals surface area contributed by atoms with Crippen LogP contribution >= 0.6 is 0 Å². The number of nitrogens with one attached hydrogen (secondary N) is 2. The number of aromatic nitrogens is 3. The predicted octanol–water partition coefficient (Wildman–Crippen LogP) is 4.34. The highest BCUT2D eigenvalue weighted by Crippen LogP contribution is 2.27. The Hall–Kier alpha value is -3.37. The first-order chi connectivity index (χ1) is 16.7. The van der Waals surface area contributed by atoms with Crippen molar-refractivity contribution >= 4 is 11.5 Å². The van der Waals surface area contributed by atoms with Crippen LogP contribution in [0.2, 0.25) is 0 Å². The molecular weight excluding hydrogens is 422 g/mol. The number of nitriles is 1. The third-order valence-corrected chi connectivity index (χ3v) is 7.20. The number of hydrogen-bond donors (Lipinski definition) is 2. The predicted molar refractivity (Wildman–Crippen MR) is 136 cm³/mol. The summed E-state index contributed by atoms with van der Waals surface area (Å²) in [7, 11) is 2.02. The Balaban J connectivity index is 1.24. The smallest absolute Gasteiger partial charge is 0.126 e. The second-order valence-corrected chi connectivity index (χ2v) is 9.57. The van der Waals surface area contributed by atoms with Gasteiger partial charge in [-0.25, -0.2) is 9.97 Å². The maximum absolute atomic E-state index is 9.08. The van der Waals surface area contributed by atoms with Crippen molar-refractivity contribution in [1.29, 1.82) is 5.26 Å². The number of imidazole rings is 1. The molecule has 1 saturated carbocycles. The minimum Gasteiger partial charge on any atom is -0.370 e. The minimum atomic E-state index is 0.369. The van der Waals surface area contributed by atoms with E-state index in [1.807, 2.05) is 48.5 Å². The Labute approximate surface area is 201 Å². The summed E-state index contributed by atoms with van der Waals surface area (Å²) in [5, 5.41) is 16.8. The van der Waals surface area contributed by atoms with E-state index in [2.05, 4.69) is 49.8 Å². The van der Waals surface area contributed by atoms with Gasteiger partial charge in [0.25, 0.3) is 0 Å². The molecule has 0 bridgehead atoms. The molecule has 0 unspecified atom stereocenters. The summed E-state index contributed by atoms with van der Waals surface area (Å²) in [6.45, 7) is 2.07. The van der Waals surface area contributed by atoms with Gasteiger partial charge in [-0.15, -0.1) is 0 Å². The van der Waals surface area contributed by atoms with Crippen molar-refractivity contribution in [1.82, 2.24) is 19.9 Å². The number of nitrogens with zero attached hydrogens (tertiary/aromatic N) is 5. The number of anilines is 2. The lowest BCUT2D eigenvalue weighted by molar-refractivity contribution is 0.293. The van der Waals surface area contributed by atoms with Crippen LogP contribution in [0.15, 0.2) is 55.1 Å². The maximum atomic E-state index is 9.08. The van der Waals surface area contributed by atoms with Gasteiger partial charge in [-0.05, 0) is 62.1 Å². The van der Waals surface area contributed by atoms with Gasteiger partial charge in [0, 0.05) is 55.7 Å². The molecule has 0 spiro atoms. The molecule has 5 rings (SSSR count). The van der Waals surface area contributed by atoms with Crippen LogP contribution in [0.25, 0.3) is 11.3 Å². The van der Waals surface area contributed by atoms with Crippen molar-refractivity contribution in [2.75, 3.05) is 23.3 Å². The highest BCUT2D eigenvalue weighted by molar-refractivity contribution is 5.62. The van der Waals surface area contributed by atoms with Crippen LogP contribution in [0, 0.1) is 11.3 Å². The van der Waals surface area contributed by atoms with E-state index in [0.29, 0.717) is 23.7 Å². The van der Waals surface area contributed by atoms with E-state index in [1.54, 1.807) is 0 Å². The van der Waals surface area contributed by atoms with Crippen molar-refractivity contribution in [3.8, 4) is 17.3 Å². The lowest BCUT2D eigenvalue weighted by atomic mass is 9.89. The molecule has 7 heteroatoms. The van der Waals surface area contributed by atoms with Crippen molar-refractivity contribution in [2.45, 2.75) is 56.7 Å². The van der Waals surface area contributed by atoms with Gasteiger partial charge in [-0.1, -0.05) is 12.8 Å². The molecule has 176 valence electrons. The van der Waals surface area contributed by atoms with Gasteiger partial charge in [0.2, 0.25) is 0 Å². The standard InChI is InChI=1S/C27H33N7/c1-33-19-29-17-26(33)21-12-13-30-27(15-21)32-25-7-3-2-6-24(25)31-22-5-4-14-34(18-22)23-10-8-20(16-28)9-11-23/h8-13,15,17,19,22,24-25,31H,2-7,14,18H2,1H3,(H,30,32)/t22-,24+,25+/m0/s1. The summed E-state index contributed by atoms with van der Waals surface area (Å²) in [6, 6.07) is 15.6. The van der Waals surface area contributed by atoms with Crippen molar-refractivity contribution < 1.29 is 0 Å². The Kier molecular flexibility index (Phi) is 6.77. The Bertz CT molecular complexity index is 1130. The van der Waals surface area contributed by atoms with Gasteiger partial charge in [0.15, 0.2) is 0 Å². The average Bonchev–Trinajstić information content (AvgIpc) is 3.31. The van der Waals surface area contributed by atoms with Crippen molar-refractivity contribution in [2.24, 2.45) is 7.05 Å². The van der Waals surface area contributed by atoms with Gasteiger partial charge >= 0.3 is 0 Å². The van der Waals surface area contributed by atoms with Crippen LogP contribution in [0.3, 0.4) is 0 Å². The van der Waals surface area contributed by atoms with E-state index < -0.39 is 0 Å². The molecule has 3 atom stereocenters. The number of rotatable bonds is 6. The summed E-state index contributed by atoms with van der Waals surface area (Å²) in [6.07, 6.45) is 12.8. The highest BCUT2D eigenvalue weighted by Gasteiger charge is 2.29. The lowest BCUT2D eigenvalue weighted by Gasteiger charge is -2.40. The molecule has 3 aromatic rings. The molecule has 1 aliphatic heterocycles. The highest BCUT2D eigenvalue weighted by atomic mass is 15.2. The summed E-state index contributed by atoms with van der Waals surface area (Å²) >= 11 is 0. The van der Waals surface area contributed by atoms with Crippen LogP contribution in [-0.4, -0.2) is 45.8 Å². The Morgan fingerprint density at radius 1 is 1.03 bits per heavy atom. The fourth-order valence-electron chi connectivity index (χ4n) is 5.39. The molecule has 2 aliphatic rings. The zero-order chi connectivity index (χ0) is 23.3. The second-order valence-electron chi connectivity index (χ2n) is 9.57. The molecule has 7 nitrogen and oxygen atoms in total. The first-order valence-corrected chi connectivity index (χ1v) is 12.4. The Morgan fingerprint density at radius 3 is 2.62 bits per heavy atom. The summed E-state index contributed by atoms with van der Waals surface area (Å²) in [4.78, 5) is 11.3. The lowest BCUT2D eigenvalue weighted by Crippen LogP contribution is -2.54. The van der Waals surface area contributed by atoms with E-state index in [1.165, 1.54) is 37.8 Å². The van der Waals surface area contributed by atoms with E-state index in [4.69, 9.17) is 5.26 Å². The molecular formula is C27H33N7. The van der Waals surface area contributed by atoms with E-state index >= 15 is 0 Å². The van der Waals surface area contributed by atoms with Gasteiger partial charge < -0.3 is 20.1 Å². The molecule has 1 aliphatic carbocycles. The molecule has 0 radical (unpaired) electrons. The van der Waals surface area contributed by atoms with Crippen LogP contribution in [0.5, 0.6) is 0 Å². The second kappa shape index (κ2) is 10.3. The number of benzene rings is 1. The zero-order valence-electron chi connectivity index (χ0n) is 19.8. The molecule has 34 heavy (non-hydrogen) atoms. The molecule has 3 heterocycles. The summed E-state index contributed by atoms with van der Waals surface area (Å²) < 4.78 is 2.03. The first kappa shape index (κ1) is 22.4. The molecule has 2 N–H and O–H groups in total. The molecule has 2 aromatic heterocycles. The topological polar surface area (TPSA) is 81.8 Å². The fourth-order valence-corrected chi connectivity index (χ4v) is 5.39. The van der Waals surface area contributed by atoms with Crippen LogP contribution in [0.4, 0.5) is 11.5 Å². The number of aryl methyl sites for hydroxylation is 1. The number of piperidine rings is 1. The normalized spacial score (nSPS) is 22.8. The number of hydrogen-bond acceptors (Lipinski definition) is 6. The van der Waals surface area contributed by atoms with E-state index in [9.17, 15) is 0 Å². The van der Waals surface area contributed by atoms with E-state index in [-0.39, 0.29) is 0 Å². The SMILES string of the molecule is Cn1cncc1-c1ccnc(N[C@@H]2CCCC[C@H]2N[C@H]2CCCN(c3ccc(C#N)cc3)C2)c1. The van der Waals surface area contributed by atoms with Crippen LogP contribution in [0.1, 0.15) is 44.1 Å². The average molecular weight is 456 g/mol. The van der Waals surface area contributed by atoms with Crippen LogP contribution < -0.4 is 15.5 Å². The fraction of sp³-hybridized carbons (Fsp3) is 0.444. The van der Waals surface area contributed by atoms with Gasteiger partial charge in [0.1, 0.15) is 5.82 Å². The molecule has 1 saturated heterocycles. The van der Waals surface area contributed by atoms with Gasteiger partial charge in [-0.3, -0.25) is 0 Å². The van der Waals surface area contributed by atoms with Crippen molar-refractivity contribution in [3.05, 3.63) is 60.7 Å². The molecule has 0 amide bonds. The quantitative estimate of drug-likeness (QED) is 0.576. The van der Waals surface area contributed by atoms with Gasteiger partial charge in [-0.2, -0.15) is 5.26 Å². The van der Waals surface area contributed by atoms with E-state index in [0.717, 1.165) is 36.6 Å². The summed E-state index contributed by atoms with van der Waals surface area (Å²) in [5.41, 5.74) is 4.14. The third-order valence-electron chi connectivity index (χ3n) is 7.20. The largest absolute Gasteiger partial charge is 0.370 e.